The Bertz CT molecular complexity index is 1050. The summed E-state index contributed by atoms with van der Waals surface area (Å²) in [5, 5.41) is 2.77. The summed E-state index contributed by atoms with van der Waals surface area (Å²) in [6, 6.07) is 14.4. The fraction of sp³-hybridized carbons (Fsp3) is 0.364. The van der Waals surface area contributed by atoms with Gasteiger partial charge in [-0.2, -0.15) is 0 Å². The number of hydrogen-bond donors (Lipinski definition) is 2. The Balaban J connectivity index is 1.78. The summed E-state index contributed by atoms with van der Waals surface area (Å²) >= 11 is 0. The van der Waals surface area contributed by atoms with Gasteiger partial charge in [0.15, 0.2) is 0 Å². The van der Waals surface area contributed by atoms with E-state index in [1.165, 1.54) is 0 Å². The van der Waals surface area contributed by atoms with E-state index in [2.05, 4.69) is 23.9 Å². The largest absolute Gasteiger partial charge is 0.324 e. The molecule has 3 rings (SSSR count). The highest BCUT2D eigenvalue weighted by molar-refractivity contribution is 7.92. The van der Waals surface area contributed by atoms with Gasteiger partial charge in [0, 0.05) is 18.7 Å². The zero-order valence-electron chi connectivity index (χ0n) is 17.4. The number of amides is 2. The molecule has 1 heterocycles. The van der Waals surface area contributed by atoms with Crippen LogP contribution in [0.25, 0.3) is 0 Å². The molecule has 2 aromatic carbocycles. The molecule has 30 heavy (non-hydrogen) atoms. The van der Waals surface area contributed by atoms with Gasteiger partial charge in [-0.3, -0.25) is 14.3 Å². The van der Waals surface area contributed by atoms with E-state index < -0.39 is 15.9 Å². The fourth-order valence-electron chi connectivity index (χ4n) is 3.60. The van der Waals surface area contributed by atoms with Gasteiger partial charge >= 0.3 is 0 Å². The van der Waals surface area contributed by atoms with Crippen LogP contribution in [0, 0.1) is 5.92 Å². The van der Waals surface area contributed by atoms with Gasteiger partial charge in [-0.05, 0) is 36.1 Å². The Morgan fingerprint density at radius 3 is 2.43 bits per heavy atom. The van der Waals surface area contributed by atoms with Crippen molar-refractivity contribution in [3.63, 3.8) is 0 Å². The Morgan fingerprint density at radius 2 is 1.77 bits per heavy atom. The van der Waals surface area contributed by atoms with Crippen LogP contribution >= 0.6 is 0 Å². The zero-order valence-corrected chi connectivity index (χ0v) is 18.2. The van der Waals surface area contributed by atoms with E-state index in [1.54, 1.807) is 29.2 Å². The van der Waals surface area contributed by atoms with Crippen molar-refractivity contribution in [2.45, 2.75) is 32.6 Å². The summed E-state index contributed by atoms with van der Waals surface area (Å²) in [7, 11) is -3.49. The van der Waals surface area contributed by atoms with Gasteiger partial charge in [0.2, 0.25) is 21.8 Å². The molecule has 2 atom stereocenters. The number of rotatable bonds is 7. The number of sulfonamides is 1. The van der Waals surface area contributed by atoms with E-state index in [1.807, 2.05) is 24.3 Å². The quantitative estimate of drug-likeness (QED) is 0.703. The second-order valence-corrected chi connectivity index (χ2v) is 9.43. The maximum atomic E-state index is 12.9. The molecular formula is C22H27N3O4S. The van der Waals surface area contributed by atoms with Gasteiger partial charge < -0.3 is 10.2 Å². The van der Waals surface area contributed by atoms with Crippen LogP contribution < -0.4 is 14.9 Å². The van der Waals surface area contributed by atoms with E-state index in [0.717, 1.165) is 23.9 Å². The minimum Gasteiger partial charge on any atom is -0.324 e. The van der Waals surface area contributed by atoms with E-state index in [0.29, 0.717) is 18.2 Å². The van der Waals surface area contributed by atoms with Crippen LogP contribution in [0.15, 0.2) is 48.5 Å². The first-order valence-corrected chi connectivity index (χ1v) is 11.9. The number of carbonyl (C=O) groups excluding carboxylic acids is 2. The van der Waals surface area contributed by atoms with E-state index >= 15 is 0 Å². The lowest BCUT2D eigenvalue weighted by Gasteiger charge is -2.23. The third kappa shape index (κ3) is 4.99. The Morgan fingerprint density at radius 1 is 1.13 bits per heavy atom. The molecule has 2 unspecified atom stereocenters. The van der Waals surface area contributed by atoms with E-state index in [-0.39, 0.29) is 23.9 Å². The van der Waals surface area contributed by atoms with Crippen molar-refractivity contribution in [3.8, 4) is 0 Å². The predicted molar refractivity (Wildman–Crippen MR) is 119 cm³/mol. The van der Waals surface area contributed by atoms with E-state index in [9.17, 15) is 18.0 Å². The number of carbonyl (C=O) groups is 2. The summed E-state index contributed by atoms with van der Waals surface area (Å²) in [6.45, 7) is 4.51. The highest BCUT2D eigenvalue weighted by Crippen LogP contribution is 2.34. The molecule has 1 aliphatic heterocycles. The van der Waals surface area contributed by atoms with Crippen molar-refractivity contribution in [2.24, 2.45) is 5.92 Å². The molecule has 0 radical (unpaired) electrons. The Kier molecular flexibility index (Phi) is 6.45. The molecule has 0 bridgehead atoms. The predicted octanol–water partition coefficient (Wildman–Crippen LogP) is 3.56. The molecule has 1 fully saturated rings. The molecule has 2 amide bonds. The van der Waals surface area contributed by atoms with Gasteiger partial charge in [0.1, 0.15) is 0 Å². The third-order valence-corrected chi connectivity index (χ3v) is 5.94. The normalized spacial score (nSPS) is 17.6. The third-order valence-electron chi connectivity index (χ3n) is 5.35. The summed E-state index contributed by atoms with van der Waals surface area (Å²) < 4.78 is 25.5. The highest BCUT2D eigenvalue weighted by Gasteiger charge is 2.36. The van der Waals surface area contributed by atoms with Crippen LogP contribution in [-0.4, -0.2) is 33.0 Å². The minimum absolute atomic E-state index is 0.0894. The SMILES string of the molecule is CCC(C)c1ccccc1N1CC(C(=O)Nc2ccccc2NS(C)(=O)=O)CC1=O. The number of benzene rings is 2. The first kappa shape index (κ1) is 21.8. The Hall–Kier alpha value is -2.87. The number of hydrogen-bond acceptors (Lipinski definition) is 4. The lowest BCUT2D eigenvalue weighted by Crippen LogP contribution is -2.29. The molecule has 0 saturated carbocycles. The van der Waals surface area contributed by atoms with Gasteiger partial charge in [-0.1, -0.05) is 44.2 Å². The van der Waals surface area contributed by atoms with Gasteiger partial charge in [0.25, 0.3) is 0 Å². The average molecular weight is 430 g/mol. The van der Waals surface area contributed by atoms with Crippen LogP contribution in [0.5, 0.6) is 0 Å². The van der Waals surface area contributed by atoms with Crippen LogP contribution in [-0.2, 0) is 19.6 Å². The lowest BCUT2D eigenvalue weighted by atomic mass is 9.96. The lowest BCUT2D eigenvalue weighted by molar-refractivity contribution is -0.122. The second-order valence-electron chi connectivity index (χ2n) is 7.68. The van der Waals surface area contributed by atoms with Crippen molar-refractivity contribution < 1.29 is 18.0 Å². The van der Waals surface area contributed by atoms with Gasteiger partial charge in [-0.15, -0.1) is 0 Å². The topological polar surface area (TPSA) is 95.6 Å². The van der Waals surface area contributed by atoms with Crippen molar-refractivity contribution >= 4 is 38.9 Å². The molecule has 1 aliphatic rings. The number of nitrogens with zero attached hydrogens (tertiary/aromatic N) is 1. The molecular weight excluding hydrogens is 402 g/mol. The standard InChI is InChI=1S/C22H27N3O4S/c1-4-15(2)17-9-5-8-12-20(17)25-14-16(13-21(25)26)22(27)23-18-10-6-7-11-19(18)24-30(3,28)29/h5-12,15-16,24H,4,13-14H2,1-3H3,(H,23,27). The van der Waals surface area contributed by atoms with Gasteiger partial charge in [-0.25, -0.2) is 8.42 Å². The maximum Gasteiger partial charge on any atom is 0.229 e. The van der Waals surface area contributed by atoms with Crippen molar-refractivity contribution in [3.05, 3.63) is 54.1 Å². The smallest absolute Gasteiger partial charge is 0.229 e. The highest BCUT2D eigenvalue weighted by atomic mass is 32.2. The monoisotopic (exact) mass is 429 g/mol. The maximum absolute atomic E-state index is 12.9. The first-order valence-electron chi connectivity index (χ1n) is 9.96. The molecule has 160 valence electrons. The van der Waals surface area contributed by atoms with Gasteiger partial charge in [0.05, 0.1) is 23.5 Å². The molecule has 2 N–H and O–H groups in total. The van der Waals surface area contributed by atoms with E-state index in [4.69, 9.17) is 0 Å². The molecule has 2 aromatic rings. The van der Waals surface area contributed by atoms with Crippen molar-refractivity contribution in [1.82, 2.24) is 0 Å². The molecule has 0 aliphatic carbocycles. The molecule has 0 aromatic heterocycles. The van der Waals surface area contributed by atoms with Crippen LogP contribution in [0.2, 0.25) is 0 Å². The Labute approximate surface area is 177 Å². The van der Waals surface area contributed by atoms with Crippen LogP contribution in [0.3, 0.4) is 0 Å². The number of nitrogens with one attached hydrogen (secondary N) is 2. The van der Waals surface area contributed by atoms with Crippen LogP contribution in [0.4, 0.5) is 17.1 Å². The average Bonchev–Trinajstić information content (AvgIpc) is 3.09. The summed E-state index contributed by atoms with van der Waals surface area (Å²) in [5.41, 5.74) is 2.60. The number of anilines is 3. The fourth-order valence-corrected chi connectivity index (χ4v) is 4.18. The minimum atomic E-state index is -3.49. The van der Waals surface area contributed by atoms with Crippen molar-refractivity contribution in [1.29, 1.82) is 0 Å². The molecule has 1 saturated heterocycles. The molecule has 7 nitrogen and oxygen atoms in total. The van der Waals surface area contributed by atoms with Crippen molar-refractivity contribution in [2.75, 3.05) is 27.7 Å². The molecule has 0 spiro atoms. The van der Waals surface area contributed by atoms with Crippen LogP contribution in [0.1, 0.15) is 38.2 Å². The number of para-hydroxylation sites is 3. The first-order chi connectivity index (χ1) is 14.2. The molecule has 8 heteroatoms. The zero-order chi connectivity index (χ0) is 21.9. The summed E-state index contributed by atoms with van der Waals surface area (Å²) in [6.07, 6.45) is 2.11. The summed E-state index contributed by atoms with van der Waals surface area (Å²) in [4.78, 5) is 27.3. The second kappa shape index (κ2) is 8.87. The summed E-state index contributed by atoms with van der Waals surface area (Å²) in [5.74, 6) is -0.618.